The molecule has 118 valence electrons. The fourth-order valence-corrected chi connectivity index (χ4v) is 2.47. The number of hydrogen-bond acceptors (Lipinski definition) is 4. The topological polar surface area (TPSA) is 52.6 Å². The molecule has 0 heterocycles. The van der Waals surface area contributed by atoms with E-state index in [1.54, 1.807) is 0 Å². The van der Waals surface area contributed by atoms with Crippen LogP contribution in [0.4, 0.5) is 0 Å². The lowest BCUT2D eigenvalue weighted by molar-refractivity contribution is -0.134. The van der Waals surface area contributed by atoms with Gasteiger partial charge in [-0.05, 0) is 25.2 Å². The monoisotopic (exact) mass is 322 g/mol. The zero-order valence-electron chi connectivity index (χ0n) is 12.7. The maximum Gasteiger partial charge on any atom is 0.308 e. The van der Waals surface area contributed by atoms with Crippen LogP contribution in [0.1, 0.15) is 65.2 Å². The second-order valence-corrected chi connectivity index (χ2v) is 6.97. The number of carbonyl (C=O) groups is 2. The van der Waals surface area contributed by atoms with Gasteiger partial charge in [-0.15, -0.1) is 0 Å². The van der Waals surface area contributed by atoms with Gasteiger partial charge in [0, 0.05) is 12.8 Å². The quantitative estimate of drug-likeness (QED) is 0.372. The Morgan fingerprint density at radius 2 is 1.05 bits per heavy atom. The van der Waals surface area contributed by atoms with Crippen LogP contribution in [-0.4, -0.2) is 24.3 Å². The Balaban J connectivity index is 3.20. The highest BCUT2D eigenvalue weighted by atomic mass is 31.1. The molecule has 0 aromatic heterocycles. The Labute approximate surface area is 126 Å². The molecule has 0 bridgehead atoms. The Kier molecular flexibility index (Phi) is 15.0. The normalized spacial score (nSPS) is 11.5. The molecule has 0 N–H and O–H groups in total. The molecule has 0 aliphatic heterocycles. The highest BCUT2D eigenvalue weighted by Crippen LogP contribution is 2.15. The maximum absolute atomic E-state index is 11.2. The Morgan fingerprint density at radius 1 is 0.700 bits per heavy atom. The van der Waals surface area contributed by atoms with E-state index in [0.29, 0.717) is 30.5 Å². The molecule has 0 aliphatic carbocycles. The van der Waals surface area contributed by atoms with Crippen molar-refractivity contribution in [2.24, 2.45) is 0 Å². The molecule has 0 aliphatic rings. The smallest absolute Gasteiger partial charge is 0.308 e. The summed E-state index contributed by atoms with van der Waals surface area (Å²) in [6, 6.07) is 0. The maximum atomic E-state index is 11.2. The summed E-state index contributed by atoms with van der Waals surface area (Å²) >= 11 is 0. The van der Waals surface area contributed by atoms with Crippen molar-refractivity contribution in [2.45, 2.75) is 65.2 Å². The molecule has 6 heteroatoms. The Bertz CT molecular complexity index is 234. The van der Waals surface area contributed by atoms with Crippen molar-refractivity contribution in [2.75, 3.05) is 12.3 Å². The van der Waals surface area contributed by atoms with Gasteiger partial charge in [0.2, 0.25) is 0 Å². The average molecular weight is 322 g/mol. The number of hydrogen-bond donors (Lipinski definition) is 0. The third-order valence-electron chi connectivity index (χ3n) is 2.67. The van der Waals surface area contributed by atoms with Crippen molar-refractivity contribution >= 4 is 29.6 Å². The first-order chi connectivity index (χ1) is 9.70. The minimum atomic E-state index is -0.0651. The fraction of sp³-hybridized carbons (Fsp3) is 0.857. The molecule has 4 nitrogen and oxygen atoms in total. The third-order valence-corrected chi connectivity index (χ3v) is 3.99. The average Bonchev–Trinajstić information content (AvgIpc) is 2.45. The summed E-state index contributed by atoms with van der Waals surface area (Å²) in [6.45, 7) is 4.01. The third kappa shape index (κ3) is 14.2. The van der Waals surface area contributed by atoms with Gasteiger partial charge in [-0.2, -0.15) is 0 Å². The van der Waals surface area contributed by atoms with Crippen LogP contribution in [0.15, 0.2) is 0 Å². The van der Waals surface area contributed by atoms with Crippen LogP contribution in [0.5, 0.6) is 0 Å². The second kappa shape index (κ2) is 15.2. The van der Waals surface area contributed by atoms with Gasteiger partial charge in [0.15, 0.2) is 0 Å². The van der Waals surface area contributed by atoms with Gasteiger partial charge in [0.1, 0.15) is 0 Å². The van der Waals surface area contributed by atoms with E-state index in [4.69, 9.17) is 9.05 Å². The van der Waals surface area contributed by atoms with E-state index < -0.39 is 0 Å². The lowest BCUT2D eigenvalue weighted by Crippen LogP contribution is -1.98. The number of unbranched alkanes of at least 4 members (excludes halogenated alkanes) is 5. The standard InChI is InChI=1S/C14H28O4P2/c1-3-19-17-13(15)11-9-7-5-6-8-10-12-14(16)18-20-4-2/h19-20H,3-12H2,1-2H3. The number of carbonyl (C=O) groups excluding carboxylic acids is 2. The SMILES string of the molecule is CCPOC(=O)CCCCCCCCC(=O)OPCC. The minimum absolute atomic E-state index is 0.0651. The van der Waals surface area contributed by atoms with E-state index in [1.807, 2.05) is 13.8 Å². The zero-order chi connectivity index (χ0) is 15.1. The highest BCUT2D eigenvalue weighted by Gasteiger charge is 2.03. The molecule has 0 aromatic carbocycles. The Morgan fingerprint density at radius 3 is 1.40 bits per heavy atom. The molecular weight excluding hydrogens is 294 g/mol. The van der Waals surface area contributed by atoms with Gasteiger partial charge in [0.25, 0.3) is 0 Å². The molecule has 0 fully saturated rings. The summed E-state index contributed by atoms with van der Waals surface area (Å²) in [5.41, 5.74) is 0. The minimum Gasteiger partial charge on any atom is -0.448 e. The van der Waals surface area contributed by atoms with E-state index in [9.17, 15) is 9.59 Å². The lowest BCUT2D eigenvalue weighted by Gasteiger charge is -2.04. The van der Waals surface area contributed by atoms with Crippen LogP contribution in [0, 0.1) is 0 Å². The molecule has 2 atom stereocenters. The molecule has 0 aromatic rings. The van der Waals surface area contributed by atoms with Crippen LogP contribution >= 0.6 is 17.6 Å². The van der Waals surface area contributed by atoms with Crippen molar-refractivity contribution in [3.05, 3.63) is 0 Å². The van der Waals surface area contributed by atoms with Crippen molar-refractivity contribution < 1.29 is 18.6 Å². The van der Waals surface area contributed by atoms with Crippen LogP contribution in [0.25, 0.3) is 0 Å². The van der Waals surface area contributed by atoms with Gasteiger partial charge in [-0.25, -0.2) is 0 Å². The summed E-state index contributed by atoms with van der Waals surface area (Å²) in [7, 11) is 0.623. The van der Waals surface area contributed by atoms with Crippen molar-refractivity contribution in [3.63, 3.8) is 0 Å². The van der Waals surface area contributed by atoms with E-state index in [-0.39, 0.29) is 11.9 Å². The van der Waals surface area contributed by atoms with Crippen LogP contribution in [0.2, 0.25) is 0 Å². The summed E-state index contributed by atoms with van der Waals surface area (Å²) < 4.78 is 10.1. The van der Waals surface area contributed by atoms with Gasteiger partial charge < -0.3 is 9.05 Å². The van der Waals surface area contributed by atoms with Crippen molar-refractivity contribution in [3.8, 4) is 0 Å². The summed E-state index contributed by atoms with van der Waals surface area (Å²) in [5, 5.41) is 0. The lowest BCUT2D eigenvalue weighted by atomic mass is 10.1. The molecular formula is C14H28O4P2. The first kappa shape index (κ1) is 19.8. The summed E-state index contributed by atoms with van der Waals surface area (Å²) in [5.74, 6) is -0.130. The van der Waals surface area contributed by atoms with Gasteiger partial charge in [-0.3, -0.25) is 9.59 Å². The second-order valence-electron chi connectivity index (χ2n) is 4.57. The highest BCUT2D eigenvalue weighted by molar-refractivity contribution is 7.33. The molecule has 0 amide bonds. The Hall–Kier alpha value is -0.200. The first-order valence-electron chi connectivity index (χ1n) is 7.55. The van der Waals surface area contributed by atoms with Crippen LogP contribution in [0.3, 0.4) is 0 Å². The molecule has 0 spiro atoms. The van der Waals surface area contributed by atoms with Gasteiger partial charge in [0.05, 0.1) is 17.6 Å². The largest absolute Gasteiger partial charge is 0.448 e. The van der Waals surface area contributed by atoms with E-state index >= 15 is 0 Å². The summed E-state index contributed by atoms with van der Waals surface area (Å²) in [6.07, 6.45) is 9.08. The molecule has 0 saturated carbocycles. The van der Waals surface area contributed by atoms with Gasteiger partial charge in [-0.1, -0.05) is 39.5 Å². The molecule has 2 unspecified atom stereocenters. The van der Waals surface area contributed by atoms with Gasteiger partial charge >= 0.3 is 11.9 Å². The van der Waals surface area contributed by atoms with Crippen LogP contribution < -0.4 is 0 Å². The molecule has 0 saturated heterocycles. The zero-order valence-corrected chi connectivity index (χ0v) is 14.7. The van der Waals surface area contributed by atoms with E-state index in [1.165, 1.54) is 0 Å². The van der Waals surface area contributed by atoms with E-state index in [0.717, 1.165) is 50.8 Å². The van der Waals surface area contributed by atoms with Crippen LogP contribution in [-0.2, 0) is 18.6 Å². The van der Waals surface area contributed by atoms with Crippen molar-refractivity contribution in [1.29, 1.82) is 0 Å². The number of rotatable bonds is 13. The molecule has 20 heavy (non-hydrogen) atoms. The summed E-state index contributed by atoms with van der Waals surface area (Å²) in [4.78, 5) is 22.5. The first-order valence-corrected chi connectivity index (χ1v) is 9.78. The predicted molar refractivity (Wildman–Crippen MR) is 86.8 cm³/mol. The molecule has 0 rings (SSSR count). The van der Waals surface area contributed by atoms with Crippen molar-refractivity contribution in [1.82, 2.24) is 0 Å². The predicted octanol–water partition coefficient (Wildman–Crippen LogP) is 4.42. The fourth-order valence-electron chi connectivity index (χ4n) is 1.65. The van der Waals surface area contributed by atoms with E-state index in [2.05, 4.69) is 0 Å². The molecule has 0 radical (unpaired) electrons.